The number of hydrogen-bond acceptors (Lipinski definition) is 3. The van der Waals surface area contributed by atoms with Crippen molar-refractivity contribution in [2.24, 2.45) is 0 Å². The summed E-state index contributed by atoms with van der Waals surface area (Å²) in [6.45, 7) is 6.83. The lowest BCUT2D eigenvalue weighted by Crippen LogP contribution is -2.24. The Morgan fingerprint density at radius 1 is 0.850 bits per heavy atom. The number of rotatable bonds is 12. The smallest absolute Gasteiger partial charge is 0.177 e. The molecular weight excluding hydrogens is 248 g/mol. The van der Waals surface area contributed by atoms with E-state index in [4.69, 9.17) is 0 Å². The van der Waals surface area contributed by atoms with Gasteiger partial charge in [-0.3, -0.25) is 0 Å². The van der Waals surface area contributed by atoms with Crippen molar-refractivity contribution in [3.05, 3.63) is 5.82 Å². The standard InChI is InChI=1S/C16H32N4/c1-4-6-8-10-12-14-16(3,13-11-9-7-5-2)15-17-19-20-18-15/h4-14H2,1-3H3,(H,17,18,19,20). The van der Waals surface area contributed by atoms with Crippen LogP contribution in [0.25, 0.3) is 0 Å². The minimum absolute atomic E-state index is 0.104. The van der Waals surface area contributed by atoms with E-state index in [1.54, 1.807) is 0 Å². The van der Waals surface area contributed by atoms with Crippen molar-refractivity contribution in [1.29, 1.82) is 0 Å². The lowest BCUT2D eigenvalue weighted by Gasteiger charge is -2.26. The molecule has 0 aliphatic rings. The predicted octanol–water partition coefficient (Wildman–Crippen LogP) is 4.79. The molecule has 0 aliphatic carbocycles. The Morgan fingerprint density at radius 3 is 1.90 bits per heavy atom. The van der Waals surface area contributed by atoms with Gasteiger partial charge in [0.2, 0.25) is 0 Å². The van der Waals surface area contributed by atoms with Crippen molar-refractivity contribution >= 4 is 0 Å². The molecule has 0 saturated heterocycles. The molecule has 0 amide bonds. The fraction of sp³-hybridized carbons (Fsp3) is 0.938. The third-order valence-electron chi connectivity index (χ3n) is 4.30. The predicted molar refractivity (Wildman–Crippen MR) is 83.7 cm³/mol. The van der Waals surface area contributed by atoms with E-state index in [9.17, 15) is 0 Å². The Bertz CT molecular complexity index is 323. The van der Waals surface area contributed by atoms with Crippen LogP contribution in [0.5, 0.6) is 0 Å². The molecule has 1 aromatic rings. The summed E-state index contributed by atoms with van der Waals surface area (Å²) in [6, 6.07) is 0. The highest BCUT2D eigenvalue weighted by Gasteiger charge is 2.29. The number of hydrogen-bond donors (Lipinski definition) is 1. The van der Waals surface area contributed by atoms with Gasteiger partial charge in [-0.15, -0.1) is 10.2 Å². The highest BCUT2D eigenvalue weighted by Crippen LogP contribution is 2.32. The molecule has 0 aliphatic heterocycles. The van der Waals surface area contributed by atoms with Gasteiger partial charge in [0, 0.05) is 5.41 Å². The summed E-state index contributed by atoms with van der Waals surface area (Å²) in [5.74, 6) is 0.907. The lowest BCUT2D eigenvalue weighted by molar-refractivity contribution is 0.345. The van der Waals surface area contributed by atoms with Crippen LogP contribution in [0, 0.1) is 0 Å². The Kier molecular flexibility index (Phi) is 8.47. The van der Waals surface area contributed by atoms with Crippen LogP contribution in [0.4, 0.5) is 0 Å². The molecular formula is C16H32N4. The zero-order valence-corrected chi connectivity index (χ0v) is 13.6. The molecule has 4 nitrogen and oxygen atoms in total. The van der Waals surface area contributed by atoms with Gasteiger partial charge < -0.3 is 0 Å². The first-order valence-electron chi connectivity index (χ1n) is 8.47. The highest BCUT2D eigenvalue weighted by molar-refractivity contribution is 5.02. The third kappa shape index (κ3) is 6.02. The summed E-state index contributed by atoms with van der Waals surface area (Å²) in [5.41, 5.74) is 0.104. The van der Waals surface area contributed by atoms with E-state index in [1.807, 2.05) is 0 Å². The summed E-state index contributed by atoms with van der Waals surface area (Å²) < 4.78 is 0. The summed E-state index contributed by atoms with van der Waals surface area (Å²) in [6.07, 6.45) is 14.2. The van der Waals surface area contributed by atoms with Gasteiger partial charge >= 0.3 is 0 Å². The molecule has 4 heteroatoms. The quantitative estimate of drug-likeness (QED) is 0.560. The molecule has 1 atom stereocenters. The Hall–Kier alpha value is -0.930. The SMILES string of the molecule is CCCCCCCC(C)(CCCCCC)c1nn[nH]n1. The number of H-pyrrole nitrogens is 1. The maximum absolute atomic E-state index is 4.26. The molecule has 1 unspecified atom stereocenters. The average molecular weight is 280 g/mol. The number of unbranched alkanes of at least 4 members (excludes halogenated alkanes) is 7. The van der Waals surface area contributed by atoms with E-state index >= 15 is 0 Å². The molecule has 1 N–H and O–H groups in total. The van der Waals surface area contributed by atoms with Crippen LogP contribution in [0.3, 0.4) is 0 Å². The molecule has 0 bridgehead atoms. The van der Waals surface area contributed by atoms with Crippen LogP contribution in [-0.4, -0.2) is 20.6 Å². The zero-order chi connectivity index (χ0) is 14.7. The van der Waals surface area contributed by atoms with Crippen molar-refractivity contribution in [1.82, 2.24) is 20.6 Å². The summed E-state index contributed by atoms with van der Waals surface area (Å²) in [5, 5.41) is 14.9. The highest BCUT2D eigenvalue weighted by atomic mass is 15.5. The summed E-state index contributed by atoms with van der Waals surface area (Å²) in [4.78, 5) is 0. The first kappa shape index (κ1) is 17.1. The van der Waals surface area contributed by atoms with Crippen LogP contribution in [-0.2, 0) is 5.41 Å². The lowest BCUT2D eigenvalue weighted by atomic mass is 9.79. The molecule has 0 fully saturated rings. The van der Waals surface area contributed by atoms with E-state index in [0.717, 1.165) is 5.82 Å². The van der Waals surface area contributed by atoms with Gasteiger partial charge in [-0.25, -0.2) is 0 Å². The Balaban J connectivity index is 2.43. The minimum atomic E-state index is 0.104. The topological polar surface area (TPSA) is 54.5 Å². The average Bonchev–Trinajstić information content (AvgIpc) is 2.98. The van der Waals surface area contributed by atoms with E-state index in [-0.39, 0.29) is 5.41 Å². The van der Waals surface area contributed by atoms with Crippen LogP contribution in [0.1, 0.15) is 97.2 Å². The van der Waals surface area contributed by atoms with Crippen LogP contribution in [0.2, 0.25) is 0 Å². The van der Waals surface area contributed by atoms with Crippen LogP contribution < -0.4 is 0 Å². The molecule has 1 aromatic heterocycles. The van der Waals surface area contributed by atoms with Gasteiger partial charge in [0.05, 0.1) is 0 Å². The largest absolute Gasteiger partial charge is 0.180 e. The zero-order valence-electron chi connectivity index (χ0n) is 13.6. The van der Waals surface area contributed by atoms with E-state index in [0.29, 0.717) is 0 Å². The normalized spacial score (nSPS) is 14.3. The number of nitrogens with zero attached hydrogens (tertiary/aromatic N) is 3. The molecule has 0 aromatic carbocycles. The maximum atomic E-state index is 4.26. The van der Waals surface area contributed by atoms with Crippen molar-refractivity contribution < 1.29 is 0 Å². The van der Waals surface area contributed by atoms with Gasteiger partial charge in [0.1, 0.15) is 0 Å². The summed E-state index contributed by atoms with van der Waals surface area (Å²) >= 11 is 0. The number of nitrogens with one attached hydrogen (secondary N) is 1. The molecule has 116 valence electrons. The third-order valence-corrected chi connectivity index (χ3v) is 4.30. The van der Waals surface area contributed by atoms with Crippen LogP contribution in [0.15, 0.2) is 0 Å². The number of aromatic nitrogens is 4. The Labute approximate surface area is 124 Å². The monoisotopic (exact) mass is 280 g/mol. The molecule has 0 spiro atoms. The van der Waals surface area contributed by atoms with Gasteiger partial charge in [-0.2, -0.15) is 5.21 Å². The van der Waals surface area contributed by atoms with Crippen molar-refractivity contribution in [2.75, 3.05) is 0 Å². The van der Waals surface area contributed by atoms with Crippen molar-refractivity contribution in [3.8, 4) is 0 Å². The second kappa shape index (κ2) is 9.89. The van der Waals surface area contributed by atoms with Gasteiger partial charge in [-0.05, 0) is 12.8 Å². The van der Waals surface area contributed by atoms with Crippen molar-refractivity contribution in [3.63, 3.8) is 0 Å². The van der Waals surface area contributed by atoms with Gasteiger partial charge in [0.15, 0.2) is 5.82 Å². The second-order valence-electron chi connectivity index (χ2n) is 6.27. The van der Waals surface area contributed by atoms with Crippen molar-refractivity contribution in [2.45, 2.75) is 96.8 Å². The fourth-order valence-electron chi connectivity index (χ4n) is 2.83. The van der Waals surface area contributed by atoms with E-state index < -0.39 is 0 Å². The Morgan fingerprint density at radius 2 is 1.40 bits per heavy atom. The molecule has 1 rings (SSSR count). The number of aromatic amines is 1. The summed E-state index contributed by atoms with van der Waals surface area (Å²) in [7, 11) is 0. The van der Waals surface area contributed by atoms with Crippen LogP contribution >= 0.6 is 0 Å². The fourth-order valence-corrected chi connectivity index (χ4v) is 2.83. The molecule has 0 saturated carbocycles. The maximum Gasteiger partial charge on any atom is 0.180 e. The first-order valence-corrected chi connectivity index (χ1v) is 8.47. The van der Waals surface area contributed by atoms with Gasteiger partial charge in [0.25, 0.3) is 0 Å². The minimum Gasteiger partial charge on any atom is -0.177 e. The molecule has 0 radical (unpaired) electrons. The molecule has 1 heterocycles. The van der Waals surface area contributed by atoms with Gasteiger partial charge in [-0.1, -0.05) is 83.8 Å². The second-order valence-corrected chi connectivity index (χ2v) is 6.27. The first-order chi connectivity index (χ1) is 9.73. The van der Waals surface area contributed by atoms with E-state index in [2.05, 4.69) is 41.4 Å². The van der Waals surface area contributed by atoms with E-state index in [1.165, 1.54) is 70.6 Å². The molecule has 20 heavy (non-hydrogen) atoms. The number of tetrazole rings is 1.